The Bertz CT molecular complexity index is 1620. The van der Waals surface area contributed by atoms with Crippen LogP contribution in [0.4, 0.5) is 8.78 Å². The second-order valence-corrected chi connectivity index (χ2v) is 10.7. The van der Waals surface area contributed by atoms with Crippen LogP contribution in [0.5, 0.6) is 0 Å². The van der Waals surface area contributed by atoms with Gasteiger partial charge in [0, 0.05) is 74.5 Å². The van der Waals surface area contributed by atoms with Crippen molar-refractivity contribution in [3.05, 3.63) is 150 Å². The SMILES string of the molecule is CC(C)(c1ccccn1)c1cccc(C(C)(C)c2ccccn2)n1.Fc1cc(F)c(-n2cccn2)cc1-n1cccn1.[Re]. The van der Waals surface area contributed by atoms with Crippen molar-refractivity contribution >= 4 is 0 Å². The third-order valence-electron chi connectivity index (χ3n) is 7.16. The van der Waals surface area contributed by atoms with Gasteiger partial charge in [0.05, 0.1) is 22.8 Å². The summed E-state index contributed by atoms with van der Waals surface area (Å²) in [5.41, 5.74) is 3.91. The van der Waals surface area contributed by atoms with Gasteiger partial charge in [-0.2, -0.15) is 10.2 Å². The van der Waals surface area contributed by atoms with Crippen molar-refractivity contribution < 1.29 is 29.2 Å². The van der Waals surface area contributed by atoms with E-state index in [2.05, 4.69) is 78.2 Å². The molecular formula is C33H31F2N7Re. The van der Waals surface area contributed by atoms with Gasteiger partial charge in [0.25, 0.3) is 0 Å². The number of benzene rings is 1. The fourth-order valence-corrected chi connectivity index (χ4v) is 4.56. The number of hydrogen-bond donors (Lipinski definition) is 0. The molecule has 1 radical (unpaired) electrons. The molecule has 0 spiro atoms. The van der Waals surface area contributed by atoms with Gasteiger partial charge in [-0.15, -0.1) is 0 Å². The van der Waals surface area contributed by atoms with Crippen LogP contribution in [-0.2, 0) is 31.3 Å². The Kier molecular flexibility index (Phi) is 9.74. The van der Waals surface area contributed by atoms with Crippen LogP contribution in [-0.4, -0.2) is 34.5 Å². The fourth-order valence-electron chi connectivity index (χ4n) is 4.56. The van der Waals surface area contributed by atoms with E-state index in [-0.39, 0.29) is 42.6 Å². The molecule has 1 aromatic carbocycles. The summed E-state index contributed by atoms with van der Waals surface area (Å²) in [7, 11) is 0. The molecule has 0 saturated carbocycles. The van der Waals surface area contributed by atoms with E-state index < -0.39 is 11.6 Å². The monoisotopic (exact) mass is 750 g/mol. The van der Waals surface area contributed by atoms with Crippen molar-refractivity contribution in [2.45, 2.75) is 38.5 Å². The van der Waals surface area contributed by atoms with Gasteiger partial charge < -0.3 is 0 Å². The molecule has 0 N–H and O–H groups in total. The van der Waals surface area contributed by atoms with Crippen molar-refractivity contribution in [3.8, 4) is 11.4 Å². The summed E-state index contributed by atoms with van der Waals surface area (Å²) in [6.45, 7) is 8.65. The quantitative estimate of drug-likeness (QED) is 0.186. The van der Waals surface area contributed by atoms with E-state index in [1.165, 1.54) is 27.8 Å². The predicted molar refractivity (Wildman–Crippen MR) is 158 cm³/mol. The third-order valence-corrected chi connectivity index (χ3v) is 7.16. The number of rotatable bonds is 6. The summed E-state index contributed by atoms with van der Waals surface area (Å²) in [5.74, 6) is -1.35. The summed E-state index contributed by atoms with van der Waals surface area (Å²) in [6.07, 6.45) is 9.89. The molecule has 0 unspecified atom stereocenters. The number of halogens is 2. The average molecular weight is 750 g/mol. The molecule has 7 nitrogen and oxygen atoms in total. The normalized spacial score (nSPS) is 11.3. The van der Waals surface area contributed by atoms with Crippen LogP contribution < -0.4 is 0 Å². The van der Waals surface area contributed by atoms with E-state index in [1.807, 2.05) is 36.7 Å². The van der Waals surface area contributed by atoms with Gasteiger partial charge >= 0.3 is 0 Å². The second-order valence-electron chi connectivity index (χ2n) is 10.7. The Hall–Kier alpha value is -4.39. The van der Waals surface area contributed by atoms with E-state index in [0.717, 1.165) is 28.8 Å². The molecule has 0 bridgehead atoms. The smallest absolute Gasteiger partial charge is 0.151 e. The topological polar surface area (TPSA) is 74.3 Å². The first-order valence-electron chi connectivity index (χ1n) is 13.5. The molecule has 0 fully saturated rings. The maximum absolute atomic E-state index is 13.7. The molecule has 0 aliphatic heterocycles. The Morgan fingerprint density at radius 3 is 1.35 bits per heavy atom. The van der Waals surface area contributed by atoms with Crippen molar-refractivity contribution in [2.24, 2.45) is 0 Å². The molecule has 0 amide bonds. The van der Waals surface area contributed by atoms with Crippen LogP contribution in [0.15, 0.2) is 116 Å². The van der Waals surface area contributed by atoms with Gasteiger partial charge in [-0.25, -0.2) is 18.1 Å². The number of nitrogens with zero attached hydrogens (tertiary/aromatic N) is 7. The second kappa shape index (κ2) is 13.3. The molecule has 5 aromatic heterocycles. The Morgan fingerprint density at radius 2 is 0.977 bits per heavy atom. The molecule has 5 heterocycles. The van der Waals surface area contributed by atoms with E-state index in [0.29, 0.717) is 0 Å². The minimum atomic E-state index is -0.674. The van der Waals surface area contributed by atoms with Crippen molar-refractivity contribution in [2.75, 3.05) is 0 Å². The summed E-state index contributed by atoms with van der Waals surface area (Å²) >= 11 is 0. The van der Waals surface area contributed by atoms with Crippen LogP contribution in [0.3, 0.4) is 0 Å². The molecule has 6 rings (SSSR count). The summed E-state index contributed by atoms with van der Waals surface area (Å²) < 4.78 is 30.1. The van der Waals surface area contributed by atoms with Gasteiger partial charge in [0.2, 0.25) is 0 Å². The third kappa shape index (κ3) is 6.82. The largest absolute Gasteiger partial charge is 0.260 e. The first-order valence-corrected chi connectivity index (χ1v) is 13.5. The summed E-state index contributed by atoms with van der Waals surface area (Å²) in [5, 5.41) is 7.85. The molecule has 0 atom stereocenters. The van der Waals surface area contributed by atoms with Gasteiger partial charge in [0.1, 0.15) is 11.4 Å². The van der Waals surface area contributed by atoms with E-state index in [4.69, 9.17) is 4.98 Å². The Labute approximate surface area is 263 Å². The maximum atomic E-state index is 13.7. The van der Waals surface area contributed by atoms with Crippen LogP contribution in [0.2, 0.25) is 0 Å². The Balaban J connectivity index is 0.000000199. The van der Waals surface area contributed by atoms with Gasteiger partial charge in [-0.3, -0.25) is 15.0 Å². The molecule has 10 heteroatoms. The first kappa shape index (κ1) is 31.5. The fraction of sp³-hybridized carbons (Fsp3) is 0.182. The molecule has 6 aromatic rings. The average Bonchev–Trinajstić information content (AvgIpc) is 3.74. The summed E-state index contributed by atoms with van der Waals surface area (Å²) in [4.78, 5) is 14.0. The van der Waals surface area contributed by atoms with Crippen molar-refractivity contribution in [1.29, 1.82) is 0 Å². The van der Waals surface area contributed by atoms with Crippen LogP contribution in [0.1, 0.15) is 50.5 Å². The summed E-state index contributed by atoms with van der Waals surface area (Å²) in [6, 6.07) is 23.8. The van der Waals surface area contributed by atoms with Crippen molar-refractivity contribution in [1.82, 2.24) is 34.5 Å². The van der Waals surface area contributed by atoms with E-state index in [1.54, 1.807) is 24.5 Å². The zero-order chi connectivity index (χ0) is 29.7. The Morgan fingerprint density at radius 1 is 0.535 bits per heavy atom. The predicted octanol–water partition coefficient (Wildman–Crippen LogP) is 6.86. The molecule has 0 aliphatic rings. The molecular weight excluding hydrogens is 719 g/mol. The minimum Gasteiger partial charge on any atom is -0.260 e. The van der Waals surface area contributed by atoms with E-state index >= 15 is 0 Å². The van der Waals surface area contributed by atoms with Gasteiger partial charge in [-0.05, 0) is 82.3 Å². The van der Waals surface area contributed by atoms with Crippen molar-refractivity contribution in [3.63, 3.8) is 0 Å². The van der Waals surface area contributed by atoms with Crippen LogP contribution >= 0.6 is 0 Å². The van der Waals surface area contributed by atoms with Crippen LogP contribution in [0.25, 0.3) is 11.4 Å². The molecule has 43 heavy (non-hydrogen) atoms. The van der Waals surface area contributed by atoms with Crippen LogP contribution in [0, 0.1) is 11.6 Å². The zero-order valence-corrected chi connectivity index (χ0v) is 26.9. The maximum Gasteiger partial charge on any atom is 0.151 e. The zero-order valence-electron chi connectivity index (χ0n) is 24.2. The number of pyridine rings is 3. The minimum absolute atomic E-state index is 0. The molecule has 0 aliphatic carbocycles. The number of aromatic nitrogens is 7. The van der Waals surface area contributed by atoms with Gasteiger partial charge in [-0.1, -0.05) is 18.2 Å². The van der Waals surface area contributed by atoms with Gasteiger partial charge in [0.15, 0.2) is 11.6 Å². The first-order chi connectivity index (χ1) is 20.2. The number of hydrogen-bond acceptors (Lipinski definition) is 5. The molecule has 219 valence electrons. The van der Waals surface area contributed by atoms with E-state index in [9.17, 15) is 8.78 Å². The molecule has 0 saturated heterocycles. The standard InChI is InChI=1S/C21H23N3.C12H8F2N4.Re/c1-20(2,16-10-5-7-14-22-16)18-12-9-13-19(24-18)21(3,4)17-11-6-8-15-23-17;13-9-7-10(14)12(18-6-2-4-16-18)8-11(9)17-5-1-3-15-17;/h5-15H,1-4H3;1-8H;.